The average molecular weight is 317 g/mol. The van der Waals surface area contributed by atoms with E-state index >= 15 is 0 Å². The van der Waals surface area contributed by atoms with Gasteiger partial charge >= 0.3 is 5.97 Å². The summed E-state index contributed by atoms with van der Waals surface area (Å²) in [4.78, 5) is 16.6. The van der Waals surface area contributed by atoms with Gasteiger partial charge in [-0.3, -0.25) is 0 Å². The Morgan fingerprint density at radius 3 is 2.89 bits per heavy atom. The number of fused-ring (bicyclic) bond motifs is 1. The van der Waals surface area contributed by atoms with Crippen molar-refractivity contribution < 1.29 is 9.90 Å². The highest BCUT2D eigenvalue weighted by atomic mass is 35.5. The van der Waals surface area contributed by atoms with Crippen LogP contribution in [0.1, 0.15) is 24.6 Å². The lowest BCUT2D eigenvalue weighted by molar-refractivity contribution is -0.141. The third-order valence-electron chi connectivity index (χ3n) is 3.24. The Morgan fingerprint density at radius 2 is 2.26 bits per heavy atom. The second-order valence-corrected chi connectivity index (χ2v) is 6.47. The topological polar surface area (TPSA) is 55.1 Å². The van der Waals surface area contributed by atoms with Crippen molar-refractivity contribution in [3.05, 3.63) is 27.3 Å². The van der Waals surface area contributed by atoms with Crippen LogP contribution in [0, 0.1) is 0 Å². The summed E-state index contributed by atoms with van der Waals surface area (Å²) in [6.45, 7) is 0. The molecule has 0 fully saturated rings. The van der Waals surface area contributed by atoms with Gasteiger partial charge in [-0.25, -0.2) is 9.78 Å². The maximum atomic E-state index is 11.4. The lowest BCUT2D eigenvalue weighted by atomic mass is 10.0. The molecule has 0 aromatic carbocycles. The second kappa shape index (κ2) is 4.81. The highest BCUT2D eigenvalue weighted by molar-refractivity contribution is 7.19. The van der Waals surface area contributed by atoms with Crippen LogP contribution in [0.3, 0.4) is 0 Å². The predicted octanol–water partition coefficient (Wildman–Crippen LogP) is 3.88. The van der Waals surface area contributed by atoms with Gasteiger partial charge < -0.3 is 9.67 Å². The molecule has 0 radical (unpaired) electrons. The van der Waals surface area contributed by atoms with Gasteiger partial charge in [0.2, 0.25) is 0 Å². The van der Waals surface area contributed by atoms with E-state index in [-0.39, 0.29) is 0 Å². The Hall–Kier alpha value is -1.04. The molecule has 1 N–H and O–H groups in total. The number of imidazole rings is 1. The Kier molecular flexibility index (Phi) is 3.28. The molecular weight excluding hydrogens is 307 g/mol. The van der Waals surface area contributed by atoms with Crippen molar-refractivity contribution in [2.45, 2.75) is 25.3 Å². The molecule has 1 aliphatic rings. The number of nitrogens with zero attached hydrogens (tertiary/aromatic N) is 2. The summed E-state index contributed by atoms with van der Waals surface area (Å²) >= 11 is 13.4. The molecule has 3 rings (SSSR count). The molecule has 1 unspecified atom stereocenters. The van der Waals surface area contributed by atoms with Crippen LogP contribution in [0.5, 0.6) is 0 Å². The Balaban J connectivity index is 2.19. The molecule has 0 saturated carbocycles. The van der Waals surface area contributed by atoms with Crippen molar-refractivity contribution >= 4 is 40.5 Å². The molecule has 0 saturated heterocycles. The van der Waals surface area contributed by atoms with Gasteiger partial charge in [-0.15, -0.1) is 11.3 Å². The Bertz CT molecular complexity index is 650. The fourth-order valence-corrected chi connectivity index (χ4v) is 3.73. The minimum atomic E-state index is -0.848. The van der Waals surface area contributed by atoms with E-state index in [0.29, 0.717) is 21.7 Å². The number of carbonyl (C=O) groups is 1. The van der Waals surface area contributed by atoms with E-state index in [2.05, 4.69) is 4.98 Å². The minimum Gasteiger partial charge on any atom is -0.480 e. The van der Waals surface area contributed by atoms with Gasteiger partial charge in [0.25, 0.3) is 0 Å². The molecule has 2 aromatic rings. The van der Waals surface area contributed by atoms with Crippen LogP contribution in [-0.4, -0.2) is 20.6 Å². The number of aliphatic carboxylic acids is 1. The number of hydrogen-bond donors (Lipinski definition) is 1. The van der Waals surface area contributed by atoms with Crippen LogP contribution in [0.15, 0.2) is 12.1 Å². The zero-order valence-electron chi connectivity index (χ0n) is 9.77. The van der Waals surface area contributed by atoms with Gasteiger partial charge in [-0.1, -0.05) is 23.2 Å². The van der Waals surface area contributed by atoms with Crippen molar-refractivity contribution in [3.8, 4) is 10.7 Å². The summed E-state index contributed by atoms with van der Waals surface area (Å²) in [5.74, 6) is -0.247. The molecule has 1 atom stereocenters. The number of hydrogen-bond acceptors (Lipinski definition) is 3. The molecule has 100 valence electrons. The maximum absolute atomic E-state index is 11.4. The molecule has 0 bridgehead atoms. The quantitative estimate of drug-likeness (QED) is 0.914. The van der Waals surface area contributed by atoms with Gasteiger partial charge in [-0.2, -0.15) is 0 Å². The zero-order chi connectivity index (χ0) is 13.6. The molecule has 19 heavy (non-hydrogen) atoms. The predicted molar refractivity (Wildman–Crippen MR) is 75.2 cm³/mol. The number of carboxylic acid groups (broad SMARTS) is 1. The van der Waals surface area contributed by atoms with E-state index in [4.69, 9.17) is 23.2 Å². The highest BCUT2D eigenvalue weighted by Crippen LogP contribution is 2.38. The van der Waals surface area contributed by atoms with Gasteiger partial charge in [-0.05, 0) is 31.4 Å². The maximum Gasteiger partial charge on any atom is 0.326 e. The number of rotatable bonds is 2. The van der Waals surface area contributed by atoms with Crippen molar-refractivity contribution in [2.24, 2.45) is 0 Å². The summed E-state index contributed by atoms with van der Waals surface area (Å²) in [7, 11) is 0. The molecule has 0 spiro atoms. The molecule has 1 aliphatic heterocycles. The number of aromatic nitrogens is 2. The summed E-state index contributed by atoms with van der Waals surface area (Å²) in [5, 5.41) is 9.75. The monoisotopic (exact) mass is 316 g/mol. The molecular formula is C12H10Cl2N2O2S. The van der Waals surface area contributed by atoms with Gasteiger partial charge in [0.15, 0.2) is 11.0 Å². The largest absolute Gasteiger partial charge is 0.480 e. The summed E-state index contributed by atoms with van der Waals surface area (Å²) in [5.41, 5.74) is 0.805. The first-order valence-corrected chi connectivity index (χ1v) is 7.40. The molecule has 2 aromatic heterocycles. The van der Waals surface area contributed by atoms with Crippen LogP contribution in [0.4, 0.5) is 0 Å². The lowest BCUT2D eigenvalue weighted by Gasteiger charge is -2.23. The van der Waals surface area contributed by atoms with Crippen LogP contribution in [-0.2, 0) is 11.2 Å². The third kappa shape index (κ3) is 2.16. The first-order chi connectivity index (χ1) is 9.08. The standard InChI is InChI=1S/C12H10Cl2N2O2S/c13-9-5-4-8(19-9)11-15-10(14)6-2-1-3-7(12(17)18)16(6)11/h4-5,7H,1-3H2,(H,17,18). The SMILES string of the molecule is O=C(O)C1CCCc2c(Cl)nc(-c3ccc(Cl)s3)n21. The third-order valence-corrected chi connectivity index (χ3v) is 4.77. The zero-order valence-corrected chi connectivity index (χ0v) is 12.1. The van der Waals surface area contributed by atoms with E-state index in [1.807, 2.05) is 6.07 Å². The fourth-order valence-electron chi connectivity index (χ4n) is 2.43. The summed E-state index contributed by atoms with van der Waals surface area (Å²) in [6, 6.07) is 3.02. The van der Waals surface area contributed by atoms with Crippen LogP contribution in [0.25, 0.3) is 10.7 Å². The molecule has 3 heterocycles. The van der Waals surface area contributed by atoms with Crippen molar-refractivity contribution in [3.63, 3.8) is 0 Å². The number of thiophene rings is 1. The van der Waals surface area contributed by atoms with Gasteiger partial charge in [0.1, 0.15) is 6.04 Å². The Labute approximate surface area is 123 Å². The van der Waals surface area contributed by atoms with E-state index in [1.54, 1.807) is 10.6 Å². The minimum absolute atomic E-state index is 0.394. The van der Waals surface area contributed by atoms with Crippen LogP contribution in [0.2, 0.25) is 9.49 Å². The molecule has 0 amide bonds. The second-order valence-electron chi connectivity index (χ2n) is 4.39. The van der Waals surface area contributed by atoms with Crippen molar-refractivity contribution in [1.82, 2.24) is 9.55 Å². The first-order valence-electron chi connectivity index (χ1n) is 5.83. The fraction of sp³-hybridized carbons (Fsp3) is 0.333. The molecule has 7 heteroatoms. The van der Waals surface area contributed by atoms with Crippen LogP contribution >= 0.6 is 34.5 Å². The van der Waals surface area contributed by atoms with Crippen molar-refractivity contribution in [1.29, 1.82) is 0 Å². The normalized spacial score (nSPS) is 18.3. The number of carboxylic acids is 1. The lowest BCUT2D eigenvalue weighted by Crippen LogP contribution is -2.25. The molecule has 0 aliphatic carbocycles. The highest BCUT2D eigenvalue weighted by Gasteiger charge is 2.31. The van der Waals surface area contributed by atoms with E-state index in [1.165, 1.54) is 11.3 Å². The van der Waals surface area contributed by atoms with E-state index < -0.39 is 12.0 Å². The number of halogens is 2. The van der Waals surface area contributed by atoms with Crippen LogP contribution < -0.4 is 0 Å². The first kappa shape index (κ1) is 13.0. The van der Waals surface area contributed by atoms with E-state index in [0.717, 1.165) is 23.4 Å². The van der Waals surface area contributed by atoms with E-state index in [9.17, 15) is 9.90 Å². The molecule has 4 nitrogen and oxygen atoms in total. The summed E-state index contributed by atoms with van der Waals surface area (Å²) < 4.78 is 2.39. The summed E-state index contributed by atoms with van der Waals surface area (Å²) in [6.07, 6.45) is 2.17. The van der Waals surface area contributed by atoms with Gasteiger partial charge in [0.05, 0.1) is 14.9 Å². The Morgan fingerprint density at radius 1 is 1.47 bits per heavy atom. The smallest absolute Gasteiger partial charge is 0.326 e. The van der Waals surface area contributed by atoms with Gasteiger partial charge in [0, 0.05) is 0 Å². The van der Waals surface area contributed by atoms with Crippen molar-refractivity contribution in [2.75, 3.05) is 0 Å². The average Bonchev–Trinajstić information content (AvgIpc) is 2.94.